The molecule has 1 atom stereocenters. The lowest BCUT2D eigenvalue weighted by Gasteiger charge is -2.14. The Morgan fingerprint density at radius 1 is 1.46 bits per heavy atom. The molecule has 1 unspecified atom stereocenters. The van der Waals surface area contributed by atoms with Crippen molar-refractivity contribution < 1.29 is 27.4 Å². The number of nitrogens with one attached hydrogen (secondary N) is 2. The van der Waals surface area contributed by atoms with Gasteiger partial charge in [0.1, 0.15) is 12.4 Å². The third-order valence-corrected chi connectivity index (χ3v) is 3.27. The first-order valence-corrected chi connectivity index (χ1v) is 7.71. The Kier molecular flexibility index (Phi) is 10.4. The van der Waals surface area contributed by atoms with Gasteiger partial charge in [0, 0.05) is 25.6 Å². The van der Waals surface area contributed by atoms with Crippen LogP contribution in [0.25, 0.3) is 0 Å². The van der Waals surface area contributed by atoms with E-state index in [1.165, 1.54) is 12.1 Å². The highest BCUT2D eigenvalue weighted by Gasteiger charge is 2.14. The maximum Gasteiger partial charge on any atom is 0.345 e. The molecule has 24 heavy (non-hydrogen) atoms. The van der Waals surface area contributed by atoms with Gasteiger partial charge in [-0.3, -0.25) is 4.79 Å². The Labute approximate surface area is 143 Å². The molecule has 1 amide bonds. The predicted octanol–water partition coefficient (Wildman–Crippen LogP) is 2.06. The second-order valence-electron chi connectivity index (χ2n) is 4.93. The van der Waals surface area contributed by atoms with Crippen LogP contribution in [-0.2, 0) is 14.3 Å². The highest BCUT2D eigenvalue weighted by Crippen LogP contribution is 2.11. The lowest BCUT2D eigenvalue weighted by Crippen LogP contribution is -2.37. The molecule has 0 radical (unpaired) electrons. The SMILES string of the molecule is Fc1ccccc1Cl.O=C(COC(F)F)NCC1CNCCOC1. The number of amides is 1. The Hall–Kier alpha value is -1.35. The van der Waals surface area contributed by atoms with Gasteiger partial charge in [-0.25, -0.2) is 4.39 Å². The largest absolute Gasteiger partial charge is 0.380 e. The molecule has 0 saturated carbocycles. The number of hydrogen-bond acceptors (Lipinski definition) is 4. The van der Waals surface area contributed by atoms with Crippen molar-refractivity contribution in [1.29, 1.82) is 0 Å². The fraction of sp³-hybridized carbons (Fsp3) is 0.533. The summed E-state index contributed by atoms with van der Waals surface area (Å²) in [6.45, 7) is -0.373. The number of hydrogen-bond donors (Lipinski definition) is 2. The average Bonchev–Trinajstić information content (AvgIpc) is 2.83. The normalized spacial score (nSPS) is 17.6. The van der Waals surface area contributed by atoms with Crippen LogP contribution in [0.15, 0.2) is 24.3 Å². The minimum atomic E-state index is -2.91. The molecule has 9 heteroatoms. The lowest BCUT2D eigenvalue weighted by molar-refractivity contribution is -0.151. The molecule has 1 saturated heterocycles. The van der Waals surface area contributed by atoms with Crippen LogP contribution in [-0.4, -0.2) is 52.0 Å². The first-order chi connectivity index (χ1) is 11.5. The number of benzene rings is 1. The lowest BCUT2D eigenvalue weighted by atomic mass is 10.1. The molecule has 1 aromatic rings. The zero-order valence-corrected chi connectivity index (χ0v) is 13.7. The van der Waals surface area contributed by atoms with Crippen LogP contribution >= 0.6 is 11.6 Å². The van der Waals surface area contributed by atoms with Gasteiger partial charge in [0.25, 0.3) is 0 Å². The van der Waals surface area contributed by atoms with Crippen molar-refractivity contribution in [2.24, 2.45) is 5.92 Å². The molecule has 1 aromatic carbocycles. The molecule has 2 N–H and O–H groups in total. The topological polar surface area (TPSA) is 59.6 Å². The second-order valence-corrected chi connectivity index (χ2v) is 5.34. The second kappa shape index (κ2) is 12.1. The molecule has 1 aliphatic heterocycles. The highest BCUT2D eigenvalue weighted by molar-refractivity contribution is 6.30. The minimum Gasteiger partial charge on any atom is -0.380 e. The van der Waals surface area contributed by atoms with Crippen LogP contribution in [0.3, 0.4) is 0 Å². The number of carbonyl (C=O) groups excluding carboxylic acids is 1. The Morgan fingerprint density at radius 3 is 2.83 bits per heavy atom. The first kappa shape index (κ1) is 20.7. The smallest absolute Gasteiger partial charge is 0.345 e. The molecule has 0 aliphatic carbocycles. The number of halogens is 4. The van der Waals surface area contributed by atoms with E-state index in [1.54, 1.807) is 12.1 Å². The minimum absolute atomic E-state index is 0.165. The number of alkyl halides is 2. The predicted molar refractivity (Wildman–Crippen MR) is 83.6 cm³/mol. The van der Waals surface area contributed by atoms with Crippen LogP contribution in [0, 0.1) is 11.7 Å². The van der Waals surface area contributed by atoms with E-state index in [0.29, 0.717) is 19.8 Å². The van der Waals surface area contributed by atoms with Crippen LogP contribution in [0.4, 0.5) is 13.2 Å². The van der Waals surface area contributed by atoms with Gasteiger partial charge in [0.2, 0.25) is 5.91 Å². The van der Waals surface area contributed by atoms with E-state index in [4.69, 9.17) is 16.3 Å². The van der Waals surface area contributed by atoms with Crippen molar-refractivity contribution >= 4 is 17.5 Å². The summed E-state index contributed by atoms with van der Waals surface area (Å²) in [4.78, 5) is 11.0. The van der Waals surface area contributed by atoms with E-state index in [-0.39, 0.29) is 16.8 Å². The Morgan fingerprint density at radius 2 is 2.21 bits per heavy atom. The third kappa shape index (κ3) is 9.71. The molecule has 0 spiro atoms. The van der Waals surface area contributed by atoms with Crippen LogP contribution in [0.2, 0.25) is 5.02 Å². The summed E-state index contributed by atoms with van der Waals surface area (Å²) in [5.41, 5.74) is 0. The molecule has 0 aromatic heterocycles. The zero-order valence-electron chi connectivity index (χ0n) is 12.9. The van der Waals surface area contributed by atoms with E-state index >= 15 is 0 Å². The summed E-state index contributed by atoms with van der Waals surface area (Å²) < 4.78 is 44.6. The summed E-state index contributed by atoms with van der Waals surface area (Å²) in [6, 6.07) is 6.12. The fourth-order valence-electron chi connectivity index (χ4n) is 1.78. The van der Waals surface area contributed by atoms with Crippen molar-refractivity contribution in [2.45, 2.75) is 6.61 Å². The Balaban J connectivity index is 0.000000300. The van der Waals surface area contributed by atoms with E-state index in [9.17, 15) is 18.0 Å². The van der Waals surface area contributed by atoms with Crippen molar-refractivity contribution in [2.75, 3.05) is 39.5 Å². The molecule has 1 heterocycles. The van der Waals surface area contributed by atoms with Gasteiger partial charge in [-0.05, 0) is 12.1 Å². The van der Waals surface area contributed by atoms with E-state index in [1.807, 2.05) is 0 Å². The van der Waals surface area contributed by atoms with E-state index in [0.717, 1.165) is 13.1 Å². The van der Waals surface area contributed by atoms with Crippen LogP contribution in [0.1, 0.15) is 0 Å². The molecule has 0 bridgehead atoms. The standard InChI is InChI=1S/C9H16F2N2O3.C6H4ClF/c10-9(11)16-6-8(14)13-4-7-3-12-1-2-15-5-7;7-5-3-1-2-4-6(5)8/h7,9,12H,1-6H2,(H,13,14);1-4H. The Bertz CT molecular complexity index is 466. The molecule has 1 fully saturated rings. The van der Waals surface area contributed by atoms with Crippen molar-refractivity contribution in [3.63, 3.8) is 0 Å². The molecule has 1 aliphatic rings. The van der Waals surface area contributed by atoms with Crippen molar-refractivity contribution in [3.05, 3.63) is 35.1 Å². The maximum atomic E-state index is 12.2. The van der Waals surface area contributed by atoms with Gasteiger partial charge in [-0.15, -0.1) is 0 Å². The quantitative estimate of drug-likeness (QED) is 0.835. The maximum absolute atomic E-state index is 12.2. The van der Waals surface area contributed by atoms with E-state index in [2.05, 4.69) is 15.4 Å². The van der Waals surface area contributed by atoms with Gasteiger partial charge >= 0.3 is 6.61 Å². The van der Waals surface area contributed by atoms with Gasteiger partial charge in [-0.1, -0.05) is 23.7 Å². The summed E-state index contributed by atoms with van der Waals surface area (Å²) in [5.74, 6) is -0.739. The van der Waals surface area contributed by atoms with E-state index < -0.39 is 19.1 Å². The fourth-order valence-corrected chi connectivity index (χ4v) is 1.91. The molecular formula is C15H20ClF3N2O3. The monoisotopic (exact) mass is 368 g/mol. The van der Waals surface area contributed by atoms with Crippen molar-refractivity contribution in [1.82, 2.24) is 10.6 Å². The van der Waals surface area contributed by atoms with Crippen LogP contribution in [0.5, 0.6) is 0 Å². The molecular weight excluding hydrogens is 349 g/mol. The van der Waals surface area contributed by atoms with Gasteiger partial charge in [-0.2, -0.15) is 8.78 Å². The average molecular weight is 369 g/mol. The highest BCUT2D eigenvalue weighted by atomic mass is 35.5. The molecule has 136 valence electrons. The number of carbonyl (C=O) groups is 1. The number of ether oxygens (including phenoxy) is 2. The third-order valence-electron chi connectivity index (χ3n) is 2.96. The van der Waals surface area contributed by atoms with Gasteiger partial charge in [0.15, 0.2) is 0 Å². The van der Waals surface area contributed by atoms with Gasteiger partial charge < -0.3 is 20.1 Å². The number of rotatable bonds is 5. The summed E-state index contributed by atoms with van der Waals surface area (Å²) in [5, 5.41) is 5.84. The zero-order chi connectivity index (χ0) is 17.8. The molecule has 5 nitrogen and oxygen atoms in total. The summed E-state index contributed by atoms with van der Waals surface area (Å²) >= 11 is 5.33. The van der Waals surface area contributed by atoms with Crippen LogP contribution < -0.4 is 10.6 Å². The summed E-state index contributed by atoms with van der Waals surface area (Å²) in [6.07, 6.45) is 0. The first-order valence-electron chi connectivity index (χ1n) is 7.34. The summed E-state index contributed by atoms with van der Waals surface area (Å²) in [7, 11) is 0. The van der Waals surface area contributed by atoms with Crippen molar-refractivity contribution in [3.8, 4) is 0 Å². The molecule has 2 rings (SSSR count). The van der Waals surface area contributed by atoms with Gasteiger partial charge in [0.05, 0.1) is 18.2 Å².